The van der Waals surface area contributed by atoms with E-state index in [4.69, 9.17) is 0 Å². The summed E-state index contributed by atoms with van der Waals surface area (Å²) in [5, 5.41) is 3.51. The van der Waals surface area contributed by atoms with Crippen LogP contribution in [0.3, 0.4) is 0 Å². The van der Waals surface area contributed by atoms with Gasteiger partial charge in [0.05, 0.1) is 5.56 Å². The van der Waals surface area contributed by atoms with Gasteiger partial charge in [0, 0.05) is 6.04 Å². The first-order valence-electron chi connectivity index (χ1n) is 7.38. The molecule has 112 valence electrons. The van der Waals surface area contributed by atoms with E-state index in [-0.39, 0.29) is 0 Å². The van der Waals surface area contributed by atoms with E-state index in [2.05, 4.69) is 12.2 Å². The molecule has 0 saturated heterocycles. The van der Waals surface area contributed by atoms with Crippen LogP contribution in [0.4, 0.5) is 13.2 Å². The van der Waals surface area contributed by atoms with Crippen LogP contribution >= 0.6 is 0 Å². The minimum absolute atomic E-state index is 0.388. The van der Waals surface area contributed by atoms with Crippen molar-refractivity contribution in [2.45, 2.75) is 51.2 Å². The molecule has 1 aromatic carbocycles. The zero-order valence-corrected chi connectivity index (χ0v) is 11.8. The van der Waals surface area contributed by atoms with Crippen LogP contribution < -0.4 is 5.32 Å². The molecule has 20 heavy (non-hydrogen) atoms. The van der Waals surface area contributed by atoms with Gasteiger partial charge in [0.15, 0.2) is 0 Å². The van der Waals surface area contributed by atoms with E-state index in [9.17, 15) is 13.2 Å². The van der Waals surface area contributed by atoms with Gasteiger partial charge in [-0.1, -0.05) is 31.9 Å². The largest absolute Gasteiger partial charge is 0.416 e. The summed E-state index contributed by atoms with van der Waals surface area (Å²) in [4.78, 5) is 0. The van der Waals surface area contributed by atoms with Gasteiger partial charge in [0.1, 0.15) is 0 Å². The first kappa shape index (κ1) is 15.4. The summed E-state index contributed by atoms with van der Waals surface area (Å²) in [6.07, 6.45) is 1.39. The van der Waals surface area contributed by atoms with Gasteiger partial charge in [-0.15, -0.1) is 0 Å². The van der Waals surface area contributed by atoms with Crippen LogP contribution in [-0.2, 0) is 12.6 Å². The van der Waals surface area contributed by atoms with Crippen LogP contribution in [-0.4, -0.2) is 12.6 Å². The lowest BCUT2D eigenvalue weighted by molar-refractivity contribution is -0.137. The van der Waals surface area contributed by atoms with Gasteiger partial charge < -0.3 is 5.32 Å². The average molecular weight is 285 g/mol. The van der Waals surface area contributed by atoms with Crippen molar-refractivity contribution in [3.05, 3.63) is 35.4 Å². The molecule has 1 aliphatic carbocycles. The summed E-state index contributed by atoms with van der Waals surface area (Å²) >= 11 is 0. The number of benzene rings is 1. The van der Waals surface area contributed by atoms with Crippen molar-refractivity contribution >= 4 is 0 Å². The van der Waals surface area contributed by atoms with Gasteiger partial charge >= 0.3 is 6.18 Å². The van der Waals surface area contributed by atoms with Crippen molar-refractivity contribution < 1.29 is 13.2 Å². The fourth-order valence-electron chi connectivity index (χ4n) is 2.46. The highest BCUT2D eigenvalue weighted by atomic mass is 19.4. The molecule has 0 radical (unpaired) electrons. The van der Waals surface area contributed by atoms with Crippen LogP contribution in [0.2, 0.25) is 0 Å². The summed E-state index contributed by atoms with van der Waals surface area (Å²) in [5.41, 5.74) is 0.411. The minimum atomic E-state index is -4.24. The Morgan fingerprint density at radius 3 is 2.35 bits per heavy atom. The Kier molecular flexibility index (Phi) is 5.08. The summed E-state index contributed by atoms with van der Waals surface area (Å²) in [6, 6.07) is 5.97. The standard InChI is InChI=1S/C16H22F3N/c1-2-9-20-15(10-12-3-4-12)11-13-5-7-14(8-6-13)16(17,18)19/h5-8,12,15,20H,2-4,9-11H2,1H3. The molecular weight excluding hydrogens is 263 g/mol. The van der Waals surface area contributed by atoms with Crippen LogP contribution in [0.1, 0.15) is 43.7 Å². The maximum Gasteiger partial charge on any atom is 0.416 e. The molecule has 0 aromatic heterocycles. The van der Waals surface area contributed by atoms with Gasteiger partial charge in [0.25, 0.3) is 0 Å². The van der Waals surface area contributed by atoms with E-state index in [0.717, 1.165) is 37.3 Å². The zero-order chi connectivity index (χ0) is 14.6. The Morgan fingerprint density at radius 2 is 1.85 bits per heavy atom. The molecule has 1 saturated carbocycles. The normalized spacial score (nSPS) is 17.2. The third-order valence-corrected chi connectivity index (χ3v) is 3.76. The van der Waals surface area contributed by atoms with E-state index < -0.39 is 11.7 Å². The molecule has 0 amide bonds. The molecule has 1 aromatic rings. The molecule has 1 fully saturated rings. The summed E-state index contributed by atoms with van der Waals surface area (Å²) in [5.74, 6) is 0.818. The third-order valence-electron chi connectivity index (χ3n) is 3.76. The van der Waals surface area contributed by atoms with Crippen LogP contribution in [0, 0.1) is 5.92 Å². The highest BCUT2D eigenvalue weighted by Crippen LogP contribution is 2.34. The Morgan fingerprint density at radius 1 is 1.20 bits per heavy atom. The lowest BCUT2D eigenvalue weighted by atomic mass is 10.00. The Balaban J connectivity index is 1.94. The quantitative estimate of drug-likeness (QED) is 0.782. The highest BCUT2D eigenvalue weighted by molar-refractivity contribution is 5.25. The number of nitrogens with one attached hydrogen (secondary N) is 1. The Labute approximate surface area is 118 Å². The molecule has 0 aliphatic heterocycles. The number of halogens is 3. The SMILES string of the molecule is CCCNC(Cc1ccc(C(F)(F)F)cc1)CC1CC1. The maximum absolute atomic E-state index is 12.5. The molecule has 0 spiro atoms. The molecule has 1 unspecified atom stereocenters. The Hall–Kier alpha value is -1.03. The van der Waals surface area contributed by atoms with E-state index in [1.165, 1.54) is 25.0 Å². The molecular formula is C16H22F3N. The van der Waals surface area contributed by atoms with Gasteiger partial charge in [-0.05, 0) is 49.4 Å². The van der Waals surface area contributed by atoms with Crippen molar-refractivity contribution in [1.29, 1.82) is 0 Å². The highest BCUT2D eigenvalue weighted by Gasteiger charge is 2.30. The van der Waals surface area contributed by atoms with Gasteiger partial charge in [-0.3, -0.25) is 0 Å². The first-order chi connectivity index (χ1) is 9.49. The summed E-state index contributed by atoms with van der Waals surface area (Å²) in [7, 11) is 0. The van der Waals surface area contributed by atoms with Gasteiger partial charge in [-0.2, -0.15) is 13.2 Å². The van der Waals surface area contributed by atoms with Crippen molar-refractivity contribution in [1.82, 2.24) is 5.32 Å². The van der Waals surface area contributed by atoms with Crippen molar-refractivity contribution in [2.75, 3.05) is 6.54 Å². The first-order valence-corrected chi connectivity index (χ1v) is 7.38. The smallest absolute Gasteiger partial charge is 0.314 e. The molecule has 1 aliphatic rings. The van der Waals surface area contributed by atoms with E-state index in [1.807, 2.05) is 0 Å². The lowest BCUT2D eigenvalue weighted by Gasteiger charge is -2.18. The molecule has 1 atom stereocenters. The monoisotopic (exact) mass is 285 g/mol. The van der Waals surface area contributed by atoms with Crippen molar-refractivity contribution in [3.8, 4) is 0 Å². The van der Waals surface area contributed by atoms with Gasteiger partial charge in [-0.25, -0.2) is 0 Å². The zero-order valence-electron chi connectivity index (χ0n) is 11.8. The van der Waals surface area contributed by atoms with Crippen molar-refractivity contribution in [3.63, 3.8) is 0 Å². The molecule has 1 nitrogen and oxygen atoms in total. The molecule has 4 heteroatoms. The van der Waals surface area contributed by atoms with Crippen molar-refractivity contribution in [2.24, 2.45) is 5.92 Å². The number of rotatable bonds is 7. The maximum atomic E-state index is 12.5. The fourth-order valence-corrected chi connectivity index (χ4v) is 2.46. The average Bonchev–Trinajstić information content (AvgIpc) is 3.19. The van der Waals surface area contributed by atoms with Crippen LogP contribution in [0.25, 0.3) is 0 Å². The predicted octanol–water partition coefficient (Wildman–Crippen LogP) is 4.42. The number of hydrogen-bond donors (Lipinski definition) is 1. The van der Waals surface area contributed by atoms with Crippen LogP contribution in [0.5, 0.6) is 0 Å². The number of alkyl halides is 3. The second kappa shape index (κ2) is 6.61. The second-order valence-electron chi connectivity index (χ2n) is 5.73. The Bertz CT molecular complexity index is 407. The lowest BCUT2D eigenvalue weighted by Crippen LogP contribution is -2.32. The third kappa shape index (κ3) is 4.82. The molecule has 0 bridgehead atoms. The van der Waals surface area contributed by atoms with E-state index in [0.29, 0.717) is 6.04 Å². The van der Waals surface area contributed by atoms with Gasteiger partial charge in [0.2, 0.25) is 0 Å². The summed E-state index contributed by atoms with van der Waals surface area (Å²) < 4.78 is 37.5. The topological polar surface area (TPSA) is 12.0 Å². The molecule has 0 heterocycles. The van der Waals surface area contributed by atoms with E-state index in [1.54, 1.807) is 12.1 Å². The number of hydrogen-bond acceptors (Lipinski definition) is 1. The minimum Gasteiger partial charge on any atom is -0.314 e. The predicted molar refractivity (Wildman–Crippen MR) is 74.6 cm³/mol. The second-order valence-corrected chi connectivity index (χ2v) is 5.73. The fraction of sp³-hybridized carbons (Fsp3) is 0.625. The van der Waals surface area contributed by atoms with Crippen LogP contribution in [0.15, 0.2) is 24.3 Å². The van der Waals surface area contributed by atoms with E-state index >= 15 is 0 Å². The molecule has 1 N–H and O–H groups in total. The molecule has 2 rings (SSSR count). The summed E-state index contributed by atoms with van der Waals surface area (Å²) in [6.45, 7) is 3.09.